The Hall–Kier alpha value is -1.99. The van der Waals surface area contributed by atoms with Gasteiger partial charge in [0.15, 0.2) is 0 Å². The first-order valence-electron chi connectivity index (χ1n) is 7.87. The van der Waals surface area contributed by atoms with Crippen LogP contribution >= 0.6 is 0 Å². The molecule has 1 amide bonds. The number of nitrogens with one attached hydrogen (secondary N) is 1. The van der Waals surface area contributed by atoms with Crippen LogP contribution in [0.15, 0.2) is 24.3 Å². The molecule has 0 bridgehead atoms. The van der Waals surface area contributed by atoms with E-state index in [0.717, 1.165) is 19.4 Å². The van der Waals surface area contributed by atoms with Crippen LogP contribution in [0.3, 0.4) is 0 Å². The number of benzene rings is 1. The summed E-state index contributed by atoms with van der Waals surface area (Å²) < 4.78 is 0. The van der Waals surface area contributed by atoms with Gasteiger partial charge in [0.05, 0.1) is 17.1 Å². The molecule has 0 spiro atoms. The van der Waals surface area contributed by atoms with E-state index in [9.17, 15) is 20.0 Å². The van der Waals surface area contributed by atoms with E-state index in [1.807, 2.05) is 6.92 Å². The van der Waals surface area contributed by atoms with Crippen molar-refractivity contribution in [2.45, 2.75) is 51.3 Å². The second kappa shape index (κ2) is 7.52. The minimum atomic E-state index is -0.488. The summed E-state index contributed by atoms with van der Waals surface area (Å²) >= 11 is 0. The minimum absolute atomic E-state index is 0.0522. The van der Waals surface area contributed by atoms with Crippen LogP contribution in [0.4, 0.5) is 11.4 Å². The quantitative estimate of drug-likeness (QED) is 0.618. The number of anilines is 1. The molecule has 7 nitrogen and oxygen atoms in total. The fourth-order valence-electron chi connectivity index (χ4n) is 3.11. The van der Waals surface area contributed by atoms with Crippen molar-refractivity contribution in [3.05, 3.63) is 34.4 Å². The molecule has 1 fully saturated rings. The summed E-state index contributed by atoms with van der Waals surface area (Å²) in [5, 5.41) is 23.1. The SMILES string of the molecule is CC(O)CC1CCCN1C(C)C(=O)Nc1cccc([N+](=O)[O-])c1. The lowest BCUT2D eigenvalue weighted by Crippen LogP contribution is -2.45. The average molecular weight is 321 g/mol. The Morgan fingerprint density at radius 3 is 2.91 bits per heavy atom. The van der Waals surface area contributed by atoms with Crippen molar-refractivity contribution in [3.63, 3.8) is 0 Å². The van der Waals surface area contributed by atoms with E-state index >= 15 is 0 Å². The van der Waals surface area contributed by atoms with Gasteiger partial charge in [0.1, 0.15) is 0 Å². The van der Waals surface area contributed by atoms with Crippen LogP contribution in [0.25, 0.3) is 0 Å². The molecule has 2 N–H and O–H groups in total. The van der Waals surface area contributed by atoms with Gasteiger partial charge in [-0.15, -0.1) is 0 Å². The Bertz CT molecular complexity index is 576. The first-order valence-corrected chi connectivity index (χ1v) is 7.87. The first kappa shape index (κ1) is 17.4. The number of hydrogen-bond donors (Lipinski definition) is 2. The van der Waals surface area contributed by atoms with Gasteiger partial charge in [-0.1, -0.05) is 6.07 Å². The smallest absolute Gasteiger partial charge is 0.271 e. The molecule has 1 aromatic rings. The zero-order valence-electron chi connectivity index (χ0n) is 13.4. The van der Waals surface area contributed by atoms with Crippen molar-refractivity contribution < 1.29 is 14.8 Å². The third-order valence-corrected chi connectivity index (χ3v) is 4.24. The predicted octanol–water partition coefficient (Wildman–Crippen LogP) is 2.16. The van der Waals surface area contributed by atoms with E-state index < -0.39 is 11.0 Å². The maximum absolute atomic E-state index is 12.4. The number of carbonyl (C=O) groups is 1. The van der Waals surface area contributed by atoms with Gasteiger partial charge < -0.3 is 10.4 Å². The second-order valence-electron chi connectivity index (χ2n) is 6.09. The normalized spacial score (nSPS) is 20.9. The molecule has 23 heavy (non-hydrogen) atoms. The molecule has 1 saturated heterocycles. The van der Waals surface area contributed by atoms with Crippen molar-refractivity contribution in [1.29, 1.82) is 0 Å². The van der Waals surface area contributed by atoms with Crippen LogP contribution in [-0.4, -0.2) is 45.6 Å². The molecule has 2 rings (SSSR count). The summed E-state index contributed by atoms with van der Waals surface area (Å²) in [6, 6.07) is 5.76. The van der Waals surface area contributed by atoms with Gasteiger partial charge in [0.25, 0.3) is 5.69 Å². The van der Waals surface area contributed by atoms with Crippen molar-refractivity contribution >= 4 is 17.3 Å². The summed E-state index contributed by atoms with van der Waals surface area (Å²) in [6.07, 6.45) is 2.23. The number of aliphatic hydroxyl groups excluding tert-OH is 1. The monoisotopic (exact) mass is 321 g/mol. The molecule has 1 heterocycles. The highest BCUT2D eigenvalue weighted by Gasteiger charge is 2.32. The summed E-state index contributed by atoms with van der Waals surface area (Å²) in [5.41, 5.74) is 0.367. The molecule has 126 valence electrons. The van der Waals surface area contributed by atoms with Crippen LogP contribution in [0.5, 0.6) is 0 Å². The molecule has 1 aromatic carbocycles. The van der Waals surface area contributed by atoms with Crippen molar-refractivity contribution in [1.82, 2.24) is 4.90 Å². The topological polar surface area (TPSA) is 95.7 Å². The number of non-ortho nitro benzene ring substituents is 1. The molecule has 0 saturated carbocycles. The number of nitrogens with zero attached hydrogens (tertiary/aromatic N) is 2. The zero-order valence-corrected chi connectivity index (χ0v) is 13.4. The molecule has 1 aliphatic heterocycles. The van der Waals surface area contributed by atoms with Crippen molar-refractivity contribution in [3.8, 4) is 0 Å². The number of hydrogen-bond acceptors (Lipinski definition) is 5. The largest absolute Gasteiger partial charge is 0.393 e. The second-order valence-corrected chi connectivity index (χ2v) is 6.09. The van der Waals surface area contributed by atoms with E-state index in [1.54, 1.807) is 19.1 Å². The molecular weight excluding hydrogens is 298 g/mol. The standard InChI is InChI=1S/C16H23N3O4/c1-11(20)9-14-7-4-8-18(14)12(2)16(21)17-13-5-3-6-15(10-13)19(22)23/h3,5-6,10-12,14,20H,4,7-9H2,1-2H3,(H,17,21). The van der Waals surface area contributed by atoms with Gasteiger partial charge in [0.2, 0.25) is 5.91 Å². The Morgan fingerprint density at radius 2 is 2.26 bits per heavy atom. The molecule has 0 aromatic heterocycles. The van der Waals surface area contributed by atoms with Gasteiger partial charge in [-0.25, -0.2) is 0 Å². The van der Waals surface area contributed by atoms with Crippen LogP contribution < -0.4 is 5.32 Å². The minimum Gasteiger partial charge on any atom is -0.393 e. The maximum atomic E-state index is 12.4. The number of rotatable bonds is 6. The molecule has 0 radical (unpaired) electrons. The maximum Gasteiger partial charge on any atom is 0.271 e. The van der Waals surface area contributed by atoms with Crippen LogP contribution in [-0.2, 0) is 4.79 Å². The highest BCUT2D eigenvalue weighted by atomic mass is 16.6. The van der Waals surface area contributed by atoms with E-state index in [2.05, 4.69) is 10.2 Å². The lowest BCUT2D eigenvalue weighted by atomic mass is 10.1. The highest BCUT2D eigenvalue weighted by molar-refractivity contribution is 5.94. The number of nitro groups is 1. The van der Waals surface area contributed by atoms with Crippen LogP contribution in [0.1, 0.15) is 33.1 Å². The van der Waals surface area contributed by atoms with Crippen molar-refractivity contribution in [2.24, 2.45) is 0 Å². The van der Waals surface area contributed by atoms with Crippen LogP contribution in [0.2, 0.25) is 0 Å². The number of carbonyl (C=O) groups excluding carboxylic acids is 1. The van der Waals surface area contributed by atoms with Gasteiger partial charge in [-0.3, -0.25) is 19.8 Å². The Morgan fingerprint density at radius 1 is 1.52 bits per heavy atom. The van der Waals surface area contributed by atoms with Gasteiger partial charge in [0, 0.05) is 23.9 Å². The number of likely N-dealkylation sites (tertiary alicyclic amines) is 1. The molecule has 3 atom stereocenters. The molecular formula is C16H23N3O4. The van der Waals surface area contributed by atoms with E-state index in [0.29, 0.717) is 12.1 Å². The summed E-state index contributed by atoms with van der Waals surface area (Å²) in [7, 11) is 0. The van der Waals surface area contributed by atoms with E-state index in [1.165, 1.54) is 12.1 Å². The number of aliphatic hydroxyl groups is 1. The molecule has 0 aliphatic carbocycles. The summed E-state index contributed by atoms with van der Waals surface area (Å²) in [6.45, 7) is 4.40. The Balaban J connectivity index is 2.02. The van der Waals surface area contributed by atoms with Crippen LogP contribution in [0, 0.1) is 10.1 Å². The Labute approximate surface area is 135 Å². The molecule has 1 aliphatic rings. The average Bonchev–Trinajstić information content (AvgIpc) is 2.93. The third kappa shape index (κ3) is 4.49. The van der Waals surface area contributed by atoms with Gasteiger partial charge in [-0.05, 0) is 45.7 Å². The lowest BCUT2D eigenvalue weighted by Gasteiger charge is -2.30. The fraction of sp³-hybridized carbons (Fsp3) is 0.562. The summed E-state index contributed by atoms with van der Waals surface area (Å²) in [5.74, 6) is -0.192. The van der Waals surface area contributed by atoms with Gasteiger partial charge in [-0.2, -0.15) is 0 Å². The predicted molar refractivity (Wildman–Crippen MR) is 87.2 cm³/mol. The van der Waals surface area contributed by atoms with Gasteiger partial charge >= 0.3 is 0 Å². The van der Waals surface area contributed by atoms with E-state index in [-0.39, 0.29) is 23.7 Å². The van der Waals surface area contributed by atoms with E-state index in [4.69, 9.17) is 0 Å². The number of nitro benzene ring substituents is 1. The lowest BCUT2D eigenvalue weighted by molar-refractivity contribution is -0.384. The summed E-state index contributed by atoms with van der Waals surface area (Å²) in [4.78, 5) is 24.8. The third-order valence-electron chi connectivity index (χ3n) is 4.24. The molecule has 3 unspecified atom stereocenters. The fourth-order valence-corrected chi connectivity index (χ4v) is 3.11. The first-order chi connectivity index (χ1) is 10.9. The van der Waals surface area contributed by atoms with Crippen molar-refractivity contribution in [2.75, 3.05) is 11.9 Å². The number of amides is 1. The highest BCUT2D eigenvalue weighted by Crippen LogP contribution is 2.25. The Kier molecular flexibility index (Phi) is 5.68. The molecule has 7 heteroatoms. The zero-order chi connectivity index (χ0) is 17.0.